The number of aryl methyl sites for hydroxylation is 1. The number of aromatic carboxylic acids is 1. The molecule has 0 saturated heterocycles. The molecule has 5 heteroatoms. The molecule has 0 radical (unpaired) electrons. The van der Waals surface area contributed by atoms with Crippen LogP contribution in [0.3, 0.4) is 0 Å². The largest absolute Gasteiger partial charge is 0.506 e. The van der Waals surface area contributed by atoms with Gasteiger partial charge in [-0.15, -0.1) is 0 Å². The smallest absolute Gasteiger partial charge is 0.335 e. The Hall–Kier alpha value is -2.82. The molecule has 0 bridgehead atoms. The standard InChI is InChI=1S/C16H15NO4/c1-10-3-2-4-11(7-10)8-15(19)17-13-6-5-12(16(20)21)9-14(13)18/h2-7,9,18H,8H2,1H3,(H,17,19)(H,20,21). The van der Waals surface area contributed by atoms with Gasteiger partial charge in [0.25, 0.3) is 0 Å². The molecule has 5 nitrogen and oxygen atoms in total. The minimum Gasteiger partial charge on any atom is -0.506 e. The van der Waals surface area contributed by atoms with Crippen LogP contribution in [0, 0.1) is 6.92 Å². The predicted molar refractivity (Wildman–Crippen MR) is 78.6 cm³/mol. The average Bonchev–Trinajstić information content (AvgIpc) is 2.40. The van der Waals surface area contributed by atoms with Gasteiger partial charge < -0.3 is 15.5 Å². The van der Waals surface area contributed by atoms with E-state index in [1.807, 2.05) is 31.2 Å². The van der Waals surface area contributed by atoms with Gasteiger partial charge in [-0.05, 0) is 30.7 Å². The molecular formula is C16H15NO4. The molecule has 0 aromatic heterocycles. The van der Waals surface area contributed by atoms with Crippen molar-refractivity contribution in [2.45, 2.75) is 13.3 Å². The number of rotatable bonds is 4. The molecule has 2 rings (SSSR count). The van der Waals surface area contributed by atoms with Gasteiger partial charge in [-0.3, -0.25) is 4.79 Å². The van der Waals surface area contributed by atoms with Crippen molar-refractivity contribution in [1.82, 2.24) is 0 Å². The van der Waals surface area contributed by atoms with E-state index in [0.717, 1.165) is 17.2 Å². The van der Waals surface area contributed by atoms with Crippen molar-refractivity contribution < 1.29 is 19.8 Å². The van der Waals surface area contributed by atoms with E-state index in [4.69, 9.17) is 5.11 Å². The van der Waals surface area contributed by atoms with Crippen LogP contribution in [0.2, 0.25) is 0 Å². The van der Waals surface area contributed by atoms with Gasteiger partial charge in [-0.1, -0.05) is 29.8 Å². The lowest BCUT2D eigenvalue weighted by Crippen LogP contribution is -2.14. The van der Waals surface area contributed by atoms with Gasteiger partial charge in [0, 0.05) is 0 Å². The number of hydrogen-bond donors (Lipinski definition) is 3. The highest BCUT2D eigenvalue weighted by atomic mass is 16.4. The quantitative estimate of drug-likeness (QED) is 0.753. The molecule has 21 heavy (non-hydrogen) atoms. The molecule has 1 amide bonds. The first-order chi connectivity index (χ1) is 9.95. The summed E-state index contributed by atoms with van der Waals surface area (Å²) in [4.78, 5) is 22.7. The highest BCUT2D eigenvalue weighted by molar-refractivity contribution is 5.95. The first-order valence-electron chi connectivity index (χ1n) is 6.37. The number of nitrogens with one attached hydrogen (secondary N) is 1. The number of phenols is 1. The first kappa shape index (κ1) is 14.6. The molecule has 3 N–H and O–H groups in total. The summed E-state index contributed by atoms with van der Waals surface area (Å²) in [5, 5.41) is 21.1. The van der Waals surface area contributed by atoms with E-state index in [2.05, 4.69) is 5.32 Å². The summed E-state index contributed by atoms with van der Waals surface area (Å²) < 4.78 is 0. The number of hydrogen-bond acceptors (Lipinski definition) is 3. The van der Waals surface area contributed by atoms with Gasteiger partial charge in [-0.2, -0.15) is 0 Å². The van der Waals surface area contributed by atoms with Gasteiger partial charge in [0.1, 0.15) is 5.75 Å². The Balaban J connectivity index is 2.08. The lowest BCUT2D eigenvalue weighted by molar-refractivity contribution is -0.115. The number of carbonyl (C=O) groups excluding carboxylic acids is 1. The molecule has 0 fully saturated rings. The Kier molecular flexibility index (Phi) is 4.23. The third-order valence-electron chi connectivity index (χ3n) is 2.97. The SMILES string of the molecule is Cc1cccc(CC(=O)Nc2ccc(C(=O)O)cc2O)c1. The maximum atomic E-state index is 11.9. The number of amides is 1. The van der Waals surface area contributed by atoms with Crippen molar-refractivity contribution in [2.75, 3.05) is 5.32 Å². The average molecular weight is 285 g/mol. The predicted octanol–water partition coefficient (Wildman–Crippen LogP) is 2.58. The Morgan fingerprint density at radius 3 is 2.52 bits per heavy atom. The van der Waals surface area contributed by atoms with Gasteiger partial charge in [-0.25, -0.2) is 4.79 Å². The van der Waals surface area contributed by atoms with Crippen LogP contribution in [-0.4, -0.2) is 22.1 Å². The van der Waals surface area contributed by atoms with Crippen LogP contribution in [0.25, 0.3) is 0 Å². The van der Waals surface area contributed by atoms with Crippen LogP contribution in [0.4, 0.5) is 5.69 Å². The van der Waals surface area contributed by atoms with E-state index in [-0.39, 0.29) is 29.3 Å². The second kappa shape index (κ2) is 6.09. The monoisotopic (exact) mass is 285 g/mol. The topological polar surface area (TPSA) is 86.6 Å². The van der Waals surface area contributed by atoms with E-state index in [1.54, 1.807) is 0 Å². The minimum atomic E-state index is -1.14. The van der Waals surface area contributed by atoms with Crippen LogP contribution < -0.4 is 5.32 Å². The van der Waals surface area contributed by atoms with Crippen molar-refractivity contribution in [3.63, 3.8) is 0 Å². The zero-order valence-electron chi connectivity index (χ0n) is 11.5. The lowest BCUT2D eigenvalue weighted by atomic mass is 10.1. The summed E-state index contributed by atoms with van der Waals surface area (Å²) in [7, 11) is 0. The Morgan fingerprint density at radius 1 is 1.14 bits per heavy atom. The van der Waals surface area contributed by atoms with E-state index in [1.165, 1.54) is 12.1 Å². The number of aromatic hydroxyl groups is 1. The summed E-state index contributed by atoms with van der Waals surface area (Å²) in [6.45, 7) is 1.94. The molecule has 0 saturated carbocycles. The fourth-order valence-corrected chi connectivity index (χ4v) is 1.97. The second-order valence-corrected chi connectivity index (χ2v) is 4.75. The molecule has 0 aliphatic rings. The van der Waals surface area contributed by atoms with Crippen LogP contribution in [0.15, 0.2) is 42.5 Å². The van der Waals surface area contributed by atoms with Gasteiger partial charge in [0.15, 0.2) is 0 Å². The van der Waals surface area contributed by atoms with Crippen molar-refractivity contribution in [3.8, 4) is 5.75 Å². The van der Waals surface area contributed by atoms with Gasteiger partial charge in [0.05, 0.1) is 17.7 Å². The normalized spacial score (nSPS) is 10.1. The summed E-state index contributed by atoms with van der Waals surface area (Å²) in [6.07, 6.45) is 0.182. The molecule has 2 aromatic carbocycles. The number of carbonyl (C=O) groups is 2. The number of carboxylic acid groups (broad SMARTS) is 1. The Morgan fingerprint density at radius 2 is 1.90 bits per heavy atom. The molecule has 0 unspecified atom stereocenters. The van der Waals surface area contributed by atoms with Crippen LogP contribution in [0.5, 0.6) is 5.75 Å². The minimum absolute atomic E-state index is 0.0378. The van der Waals surface area contributed by atoms with Crippen molar-refractivity contribution in [3.05, 3.63) is 59.2 Å². The zero-order valence-corrected chi connectivity index (χ0v) is 11.5. The number of anilines is 1. The van der Waals surface area contributed by atoms with E-state index in [9.17, 15) is 14.7 Å². The van der Waals surface area contributed by atoms with Gasteiger partial charge in [0.2, 0.25) is 5.91 Å². The molecule has 2 aromatic rings. The Bertz CT molecular complexity index is 694. The summed E-state index contributed by atoms with van der Waals surface area (Å²) in [5.41, 5.74) is 2.09. The van der Waals surface area contributed by atoms with Gasteiger partial charge >= 0.3 is 5.97 Å². The van der Waals surface area contributed by atoms with Crippen LogP contribution in [-0.2, 0) is 11.2 Å². The van der Waals surface area contributed by atoms with Crippen molar-refractivity contribution in [2.24, 2.45) is 0 Å². The van der Waals surface area contributed by atoms with E-state index < -0.39 is 5.97 Å². The Labute approximate surface area is 121 Å². The third kappa shape index (κ3) is 3.82. The molecule has 0 spiro atoms. The first-order valence-corrected chi connectivity index (χ1v) is 6.37. The zero-order chi connectivity index (χ0) is 15.4. The van der Waals surface area contributed by atoms with E-state index >= 15 is 0 Å². The fraction of sp³-hybridized carbons (Fsp3) is 0.125. The van der Waals surface area contributed by atoms with E-state index in [0.29, 0.717) is 0 Å². The number of phenolic OH excluding ortho intramolecular Hbond substituents is 1. The maximum absolute atomic E-state index is 11.9. The summed E-state index contributed by atoms with van der Waals surface area (Å²) in [6, 6.07) is 11.4. The van der Waals surface area contributed by atoms with Crippen molar-refractivity contribution in [1.29, 1.82) is 0 Å². The number of benzene rings is 2. The van der Waals surface area contributed by atoms with Crippen LogP contribution in [0.1, 0.15) is 21.5 Å². The highest BCUT2D eigenvalue weighted by Gasteiger charge is 2.10. The molecule has 108 valence electrons. The number of carboxylic acids is 1. The summed E-state index contributed by atoms with van der Waals surface area (Å²) >= 11 is 0. The molecule has 0 aliphatic carbocycles. The fourth-order valence-electron chi connectivity index (χ4n) is 1.97. The lowest BCUT2D eigenvalue weighted by Gasteiger charge is -2.08. The maximum Gasteiger partial charge on any atom is 0.335 e. The highest BCUT2D eigenvalue weighted by Crippen LogP contribution is 2.24. The molecule has 0 atom stereocenters. The molecule has 0 heterocycles. The molecule has 0 aliphatic heterocycles. The van der Waals surface area contributed by atoms with Crippen molar-refractivity contribution >= 4 is 17.6 Å². The second-order valence-electron chi connectivity index (χ2n) is 4.75. The third-order valence-corrected chi connectivity index (χ3v) is 2.97. The summed E-state index contributed by atoms with van der Waals surface area (Å²) in [5.74, 6) is -1.69. The molecular weight excluding hydrogens is 270 g/mol. The van der Waals surface area contributed by atoms with Crippen LogP contribution >= 0.6 is 0 Å².